The van der Waals surface area contributed by atoms with E-state index in [0.717, 1.165) is 16.7 Å². The van der Waals surface area contributed by atoms with E-state index in [2.05, 4.69) is 10.2 Å². The van der Waals surface area contributed by atoms with Crippen LogP contribution in [0, 0.1) is 20.8 Å². The molecule has 0 amide bonds. The van der Waals surface area contributed by atoms with Gasteiger partial charge in [-0.2, -0.15) is 0 Å². The topological polar surface area (TPSA) is 69.3 Å². The predicted molar refractivity (Wildman–Crippen MR) is 119 cm³/mol. The Morgan fingerprint density at radius 1 is 1.03 bits per heavy atom. The van der Waals surface area contributed by atoms with Crippen LogP contribution in [0.15, 0.2) is 58.7 Å². The molecule has 4 aromatic rings. The van der Waals surface area contributed by atoms with Gasteiger partial charge in [-0.25, -0.2) is 0 Å². The molecule has 4 rings (SSSR count). The number of rotatable bonds is 5. The van der Waals surface area contributed by atoms with Crippen LogP contribution in [0.2, 0.25) is 5.02 Å². The number of hydrogen-bond acceptors (Lipinski definition) is 5. The van der Waals surface area contributed by atoms with Crippen LogP contribution in [0.5, 0.6) is 0 Å². The van der Waals surface area contributed by atoms with Gasteiger partial charge in [-0.15, -0.1) is 10.2 Å². The summed E-state index contributed by atoms with van der Waals surface area (Å²) in [4.78, 5) is 25.6. The zero-order valence-electron chi connectivity index (χ0n) is 16.7. The third kappa shape index (κ3) is 3.78. The molecule has 0 atom stereocenters. The maximum Gasteiger partial charge on any atom is 0.300 e. The van der Waals surface area contributed by atoms with E-state index in [9.17, 15) is 9.59 Å². The summed E-state index contributed by atoms with van der Waals surface area (Å²) in [5.41, 5.74) is 4.18. The van der Waals surface area contributed by atoms with Gasteiger partial charge in [0.15, 0.2) is 10.9 Å². The van der Waals surface area contributed by atoms with Crippen molar-refractivity contribution in [2.45, 2.75) is 25.9 Å². The van der Waals surface area contributed by atoms with Crippen molar-refractivity contribution in [1.29, 1.82) is 0 Å². The first-order chi connectivity index (χ1) is 14.3. The number of benzene rings is 2. The number of nitrogens with zero attached hydrogens (tertiary/aromatic N) is 4. The standard InChI is InChI=1S/C22H19ClN4O2S/c1-13-4-5-14(2)17(10-13)19(28)12-30-22-25-24-20-21(29)26(8-9-27(20)22)18-11-16(23)7-6-15(18)3/h4-11H,12H2,1-3H3. The Labute approximate surface area is 182 Å². The summed E-state index contributed by atoms with van der Waals surface area (Å²) in [5.74, 6) is 0.225. The van der Waals surface area contributed by atoms with Crippen molar-refractivity contribution in [2.75, 3.05) is 5.75 Å². The number of hydrogen-bond donors (Lipinski definition) is 0. The molecule has 152 valence electrons. The van der Waals surface area contributed by atoms with Gasteiger partial charge in [-0.3, -0.25) is 18.6 Å². The summed E-state index contributed by atoms with van der Waals surface area (Å²) in [6.45, 7) is 5.79. The van der Waals surface area contributed by atoms with Gasteiger partial charge >= 0.3 is 5.56 Å². The molecule has 6 nitrogen and oxygen atoms in total. The van der Waals surface area contributed by atoms with Crippen LogP contribution >= 0.6 is 23.4 Å². The molecule has 0 aliphatic carbocycles. The molecule has 30 heavy (non-hydrogen) atoms. The van der Waals surface area contributed by atoms with Gasteiger partial charge < -0.3 is 0 Å². The SMILES string of the molecule is Cc1ccc(C)c(C(=O)CSc2nnc3c(=O)n(-c4cc(Cl)ccc4C)ccn23)c1. The Morgan fingerprint density at radius 3 is 2.60 bits per heavy atom. The summed E-state index contributed by atoms with van der Waals surface area (Å²) >= 11 is 7.36. The van der Waals surface area contributed by atoms with E-state index in [1.807, 2.05) is 45.0 Å². The molecule has 0 aliphatic rings. The Bertz CT molecular complexity index is 1340. The summed E-state index contributed by atoms with van der Waals surface area (Å²) in [5, 5.41) is 9.22. The fourth-order valence-electron chi connectivity index (χ4n) is 3.24. The molecule has 8 heteroatoms. The minimum absolute atomic E-state index is 0.0147. The first-order valence-electron chi connectivity index (χ1n) is 9.31. The lowest BCUT2D eigenvalue weighted by Gasteiger charge is -2.10. The van der Waals surface area contributed by atoms with E-state index >= 15 is 0 Å². The third-order valence-corrected chi connectivity index (χ3v) is 6.07. The highest BCUT2D eigenvalue weighted by Gasteiger charge is 2.16. The highest BCUT2D eigenvalue weighted by molar-refractivity contribution is 7.99. The number of Topliss-reactive ketones (excluding diaryl/α,β-unsaturated/α-hetero) is 1. The summed E-state index contributed by atoms with van der Waals surface area (Å²) in [7, 11) is 0. The zero-order valence-corrected chi connectivity index (χ0v) is 18.3. The molecule has 0 fully saturated rings. The molecule has 0 bridgehead atoms. The minimum Gasteiger partial charge on any atom is -0.293 e. The Kier molecular flexibility index (Phi) is 5.49. The maximum atomic E-state index is 13.0. The lowest BCUT2D eigenvalue weighted by atomic mass is 10.0. The quantitative estimate of drug-likeness (QED) is 0.340. The second-order valence-electron chi connectivity index (χ2n) is 7.11. The van der Waals surface area contributed by atoms with Crippen molar-refractivity contribution in [3.8, 4) is 5.69 Å². The Hall–Kier alpha value is -2.90. The molecule has 0 saturated heterocycles. The monoisotopic (exact) mass is 438 g/mol. The molecule has 2 aromatic heterocycles. The van der Waals surface area contributed by atoms with Crippen molar-refractivity contribution in [3.05, 3.63) is 86.4 Å². The smallest absolute Gasteiger partial charge is 0.293 e. The van der Waals surface area contributed by atoms with Crippen molar-refractivity contribution in [2.24, 2.45) is 0 Å². The molecular weight excluding hydrogens is 420 g/mol. The molecule has 0 spiro atoms. The van der Waals surface area contributed by atoms with Crippen LogP contribution in [0.3, 0.4) is 0 Å². The second-order valence-corrected chi connectivity index (χ2v) is 8.49. The van der Waals surface area contributed by atoms with Crippen molar-refractivity contribution in [1.82, 2.24) is 19.2 Å². The second kappa shape index (κ2) is 8.08. The number of aromatic nitrogens is 4. The van der Waals surface area contributed by atoms with Crippen molar-refractivity contribution in [3.63, 3.8) is 0 Å². The number of ketones is 1. The lowest BCUT2D eigenvalue weighted by molar-refractivity contribution is 0.102. The summed E-state index contributed by atoms with van der Waals surface area (Å²) < 4.78 is 3.11. The number of carbonyl (C=O) groups is 1. The fraction of sp³-hybridized carbons (Fsp3) is 0.182. The van der Waals surface area contributed by atoms with Crippen LogP contribution in [-0.2, 0) is 0 Å². The van der Waals surface area contributed by atoms with Gasteiger partial charge in [0, 0.05) is 23.0 Å². The molecule has 0 saturated carbocycles. The fourth-order valence-corrected chi connectivity index (χ4v) is 4.21. The average molecular weight is 439 g/mol. The highest BCUT2D eigenvalue weighted by Crippen LogP contribution is 2.21. The molecule has 0 radical (unpaired) electrons. The summed E-state index contributed by atoms with van der Waals surface area (Å²) in [6, 6.07) is 11.2. The van der Waals surface area contributed by atoms with Crippen LogP contribution in [-0.4, -0.2) is 30.7 Å². The van der Waals surface area contributed by atoms with Crippen molar-refractivity contribution >= 4 is 34.8 Å². The van der Waals surface area contributed by atoms with E-state index in [0.29, 0.717) is 21.4 Å². The average Bonchev–Trinajstić information content (AvgIpc) is 3.14. The molecule has 0 N–H and O–H groups in total. The molecule has 0 aliphatic heterocycles. The van der Waals surface area contributed by atoms with Crippen molar-refractivity contribution < 1.29 is 4.79 Å². The predicted octanol–water partition coefficient (Wildman–Crippen LogP) is 4.43. The normalized spacial score (nSPS) is 11.2. The van der Waals surface area contributed by atoms with Crippen LogP contribution in [0.1, 0.15) is 27.0 Å². The number of carbonyl (C=O) groups excluding carboxylic acids is 1. The largest absolute Gasteiger partial charge is 0.300 e. The van der Waals surface area contributed by atoms with Gasteiger partial charge in [0.1, 0.15) is 0 Å². The Balaban J connectivity index is 1.63. The first-order valence-corrected chi connectivity index (χ1v) is 10.7. The number of aryl methyl sites for hydroxylation is 3. The van der Waals surface area contributed by atoms with Gasteiger partial charge in [-0.1, -0.05) is 47.1 Å². The van der Waals surface area contributed by atoms with E-state index < -0.39 is 0 Å². The van der Waals surface area contributed by atoms with Crippen LogP contribution in [0.25, 0.3) is 11.3 Å². The van der Waals surface area contributed by atoms with Gasteiger partial charge in [0.05, 0.1) is 11.4 Å². The molecule has 2 heterocycles. The van der Waals surface area contributed by atoms with Crippen LogP contribution < -0.4 is 5.56 Å². The van der Waals surface area contributed by atoms with Crippen LogP contribution in [0.4, 0.5) is 0 Å². The lowest BCUT2D eigenvalue weighted by Crippen LogP contribution is -2.21. The number of fused-ring (bicyclic) bond motifs is 1. The first kappa shape index (κ1) is 20.4. The molecule has 0 unspecified atom stereocenters. The zero-order chi connectivity index (χ0) is 21.4. The maximum absolute atomic E-state index is 13.0. The molecular formula is C22H19ClN4O2S. The Morgan fingerprint density at radius 2 is 1.80 bits per heavy atom. The van der Waals surface area contributed by atoms with E-state index in [4.69, 9.17) is 11.6 Å². The molecule has 2 aromatic carbocycles. The minimum atomic E-state index is -0.303. The number of halogens is 1. The van der Waals surface area contributed by atoms with E-state index in [1.165, 1.54) is 16.3 Å². The van der Waals surface area contributed by atoms with E-state index in [-0.39, 0.29) is 22.7 Å². The van der Waals surface area contributed by atoms with Gasteiger partial charge in [-0.05, 0) is 50.1 Å². The van der Waals surface area contributed by atoms with Gasteiger partial charge in [0.25, 0.3) is 0 Å². The van der Waals surface area contributed by atoms with E-state index in [1.54, 1.807) is 28.9 Å². The van der Waals surface area contributed by atoms with Gasteiger partial charge in [0.2, 0.25) is 5.65 Å². The number of thioether (sulfide) groups is 1. The third-order valence-electron chi connectivity index (χ3n) is 4.90. The highest BCUT2D eigenvalue weighted by atomic mass is 35.5. The summed E-state index contributed by atoms with van der Waals surface area (Å²) in [6.07, 6.45) is 3.38.